The van der Waals surface area contributed by atoms with Crippen molar-refractivity contribution in [1.82, 2.24) is 9.80 Å². The molecule has 44 heavy (non-hydrogen) atoms. The number of para-hydroxylation sites is 1. The minimum atomic E-state index is -0.656. The Bertz CT molecular complexity index is 1640. The number of hydrogen-bond donors (Lipinski definition) is 1. The van der Waals surface area contributed by atoms with Crippen LogP contribution in [0, 0.1) is 29.6 Å². The van der Waals surface area contributed by atoms with Crippen molar-refractivity contribution in [1.29, 1.82) is 0 Å². The summed E-state index contributed by atoms with van der Waals surface area (Å²) in [5.41, 5.74) is 3.43. The van der Waals surface area contributed by atoms with Gasteiger partial charge < -0.3 is 9.84 Å². The lowest BCUT2D eigenvalue weighted by molar-refractivity contribution is -0.142. The van der Waals surface area contributed by atoms with Gasteiger partial charge in [0.2, 0.25) is 23.6 Å². The summed E-state index contributed by atoms with van der Waals surface area (Å²) in [4.78, 5) is 58.7. The highest BCUT2D eigenvalue weighted by Crippen LogP contribution is 2.59. The summed E-state index contributed by atoms with van der Waals surface area (Å²) in [6.45, 7) is 0.303. The molecular weight excluding hydrogens is 556 g/mol. The second-order valence-corrected chi connectivity index (χ2v) is 12.1. The molecule has 3 aromatic rings. The topological polar surface area (TPSA) is 104 Å². The van der Waals surface area contributed by atoms with Gasteiger partial charge in [0.05, 0.1) is 43.4 Å². The van der Waals surface area contributed by atoms with Gasteiger partial charge in [0, 0.05) is 11.5 Å². The zero-order chi connectivity index (χ0) is 30.4. The minimum Gasteiger partial charge on any atom is -0.491 e. The first-order chi connectivity index (χ1) is 21.5. The summed E-state index contributed by atoms with van der Waals surface area (Å²) >= 11 is 0. The van der Waals surface area contributed by atoms with E-state index >= 15 is 0 Å². The van der Waals surface area contributed by atoms with E-state index in [0.717, 1.165) is 22.3 Å². The van der Waals surface area contributed by atoms with E-state index in [0.29, 0.717) is 18.6 Å². The molecule has 8 nitrogen and oxygen atoms in total. The maximum atomic E-state index is 14.2. The highest BCUT2D eigenvalue weighted by molar-refractivity contribution is 6.08. The number of amides is 4. The largest absolute Gasteiger partial charge is 0.491 e. The van der Waals surface area contributed by atoms with Gasteiger partial charge >= 0.3 is 0 Å². The molecule has 7 rings (SSSR count). The van der Waals surface area contributed by atoms with Crippen molar-refractivity contribution < 1.29 is 29.0 Å². The molecule has 4 amide bonds. The molecule has 0 spiro atoms. The average molecular weight is 591 g/mol. The average Bonchev–Trinajstić information content (AvgIpc) is 3.44. The lowest BCUT2D eigenvalue weighted by Crippen LogP contribution is -2.43. The summed E-state index contributed by atoms with van der Waals surface area (Å²) in [6, 6.07) is 26.4. The molecule has 3 aromatic carbocycles. The smallest absolute Gasteiger partial charge is 0.234 e. The normalized spacial score (nSPS) is 27.6. The molecule has 2 aliphatic heterocycles. The Kier molecular flexibility index (Phi) is 7.38. The molecule has 1 N–H and O–H groups in total. The highest BCUT2D eigenvalue weighted by atomic mass is 16.5. The number of rotatable bonds is 8. The SMILES string of the molecule is O=C1[C@H]2[C@H](CC=C3[C@H]2C[C@H]2C(=O)N(Cc4ccccc4)C(=O)[C@H]2[C@H]3c2ccccc2OCCO)C(=O)N1Cc1ccccc1. The van der Waals surface area contributed by atoms with Crippen LogP contribution in [-0.4, -0.2) is 51.7 Å². The number of fused-ring (bicyclic) bond motifs is 4. The summed E-state index contributed by atoms with van der Waals surface area (Å²) in [5, 5.41) is 9.49. The van der Waals surface area contributed by atoms with Gasteiger partial charge in [0.25, 0.3) is 0 Å². The number of ether oxygens (including phenoxy) is 1. The minimum absolute atomic E-state index is 0.0828. The molecule has 0 radical (unpaired) electrons. The van der Waals surface area contributed by atoms with E-state index in [1.54, 1.807) is 0 Å². The van der Waals surface area contributed by atoms with Crippen molar-refractivity contribution in [3.05, 3.63) is 113 Å². The summed E-state index contributed by atoms with van der Waals surface area (Å²) in [7, 11) is 0. The molecule has 2 heterocycles. The molecule has 8 heteroatoms. The number of carbonyl (C=O) groups excluding carboxylic acids is 4. The van der Waals surface area contributed by atoms with Gasteiger partial charge in [-0.25, -0.2) is 0 Å². The Morgan fingerprint density at radius 1 is 0.659 bits per heavy atom. The van der Waals surface area contributed by atoms with Gasteiger partial charge in [0.1, 0.15) is 12.4 Å². The van der Waals surface area contributed by atoms with Crippen LogP contribution in [0.5, 0.6) is 5.75 Å². The van der Waals surface area contributed by atoms with E-state index in [2.05, 4.69) is 0 Å². The fourth-order valence-electron chi connectivity index (χ4n) is 7.94. The van der Waals surface area contributed by atoms with E-state index < -0.39 is 29.6 Å². The Labute approximate surface area is 255 Å². The van der Waals surface area contributed by atoms with E-state index in [1.807, 2.05) is 91.0 Å². The number of benzene rings is 3. The number of likely N-dealkylation sites (tertiary alicyclic amines) is 2. The molecular formula is C36H34N2O6. The van der Waals surface area contributed by atoms with Gasteiger partial charge in [-0.15, -0.1) is 0 Å². The first-order valence-electron chi connectivity index (χ1n) is 15.3. The number of allylic oxidation sites excluding steroid dienone is 2. The number of carbonyl (C=O) groups is 4. The monoisotopic (exact) mass is 590 g/mol. The predicted molar refractivity (Wildman–Crippen MR) is 161 cm³/mol. The number of aliphatic hydroxyl groups is 1. The maximum absolute atomic E-state index is 14.2. The van der Waals surface area contributed by atoms with Crippen LogP contribution in [-0.2, 0) is 32.3 Å². The van der Waals surface area contributed by atoms with Crippen molar-refractivity contribution in [3.63, 3.8) is 0 Å². The zero-order valence-corrected chi connectivity index (χ0v) is 24.2. The Morgan fingerprint density at radius 3 is 1.86 bits per heavy atom. The fraction of sp³-hybridized carbons (Fsp3) is 0.333. The van der Waals surface area contributed by atoms with Gasteiger partial charge in [-0.1, -0.05) is 90.5 Å². The summed E-state index contributed by atoms with van der Waals surface area (Å²) < 4.78 is 5.94. The molecule has 2 aliphatic carbocycles. The molecule has 0 aromatic heterocycles. The van der Waals surface area contributed by atoms with E-state index in [1.165, 1.54) is 9.80 Å². The van der Waals surface area contributed by atoms with Crippen LogP contribution >= 0.6 is 0 Å². The molecule has 0 unspecified atom stereocenters. The number of nitrogens with zero attached hydrogens (tertiary/aromatic N) is 2. The number of aliphatic hydroxyl groups excluding tert-OH is 1. The van der Waals surface area contributed by atoms with Gasteiger partial charge in [-0.2, -0.15) is 0 Å². The first kappa shape index (κ1) is 28.2. The van der Waals surface area contributed by atoms with Gasteiger partial charge in [-0.05, 0) is 36.0 Å². The predicted octanol–water partition coefficient (Wildman–Crippen LogP) is 4.09. The van der Waals surface area contributed by atoms with E-state index in [4.69, 9.17) is 4.74 Å². The molecule has 6 atom stereocenters. The van der Waals surface area contributed by atoms with Crippen molar-refractivity contribution in [2.75, 3.05) is 13.2 Å². The van der Waals surface area contributed by atoms with E-state index in [-0.39, 0.29) is 55.8 Å². The lowest BCUT2D eigenvalue weighted by Gasteiger charge is -2.44. The maximum Gasteiger partial charge on any atom is 0.234 e. The van der Waals surface area contributed by atoms with Crippen LogP contribution < -0.4 is 4.74 Å². The molecule has 4 aliphatic rings. The fourth-order valence-corrected chi connectivity index (χ4v) is 7.94. The molecule has 3 fully saturated rings. The van der Waals surface area contributed by atoms with Crippen molar-refractivity contribution in [3.8, 4) is 5.75 Å². The van der Waals surface area contributed by atoms with Crippen molar-refractivity contribution in [2.45, 2.75) is 31.8 Å². The third-order valence-electron chi connectivity index (χ3n) is 9.80. The summed E-state index contributed by atoms with van der Waals surface area (Å²) in [6.07, 6.45) is 2.78. The Morgan fingerprint density at radius 2 is 1.23 bits per heavy atom. The molecule has 2 saturated heterocycles. The van der Waals surface area contributed by atoms with Crippen LogP contribution in [0.25, 0.3) is 0 Å². The highest BCUT2D eigenvalue weighted by Gasteiger charge is 2.62. The lowest BCUT2D eigenvalue weighted by atomic mass is 9.57. The molecule has 1 saturated carbocycles. The second kappa shape index (κ2) is 11.5. The zero-order valence-electron chi connectivity index (χ0n) is 24.2. The van der Waals surface area contributed by atoms with Crippen LogP contribution in [0.3, 0.4) is 0 Å². The quantitative estimate of drug-likeness (QED) is 0.313. The number of imide groups is 2. The van der Waals surface area contributed by atoms with Gasteiger partial charge in [0.15, 0.2) is 0 Å². The summed E-state index contributed by atoms with van der Waals surface area (Å²) in [5.74, 6) is -3.55. The van der Waals surface area contributed by atoms with E-state index in [9.17, 15) is 24.3 Å². The van der Waals surface area contributed by atoms with Crippen LogP contribution in [0.15, 0.2) is 96.6 Å². The Hall–Kier alpha value is -4.56. The first-order valence-corrected chi connectivity index (χ1v) is 15.3. The number of hydrogen-bond acceptors (Lipinski definition) is 6. The van der Waals surface area contributed by atoms with Crippen LogP contribution in [0.2, 0.25) is 0 Å². The van der Waals surface area contributed by atoms with Crippen molar-refractivity contribution in [2.24, 2.45) is 29.6 Å². The second-order valence-electron chi connectivity index (χ2n) is 12.1. The third kappa shape index (κ3) is 4.65. The van der Waals surface area contributed by atoms with Crippen LogP contribution in [0.1, 0.15) is 35.4 Å². The Balaban J connectivity index is 1.29. The van der Waals surface area contributed by atoms with Crippen molar-refractivity contribution >= 4 is 23.6 Å². The standard InChI is InChI=1S/C36H34N2O6/c39-17-18-44-29-14-8-7-13-25(29)30-24-15-16-26-31(35(42)37(33(26)40)20-22-9-3-1-4-10-22)27(24)19-28-32(30)36(43)38(34(28)41)21-23-11-5-2-6-12-23/h1-15,26-28,30-32,39H,16-21H2/t26-,27+,28+,30+,31-,32+/m0/s1. The van der Waals surface area contributed by atoms with Gasteiger partial charge in [-0.3, -0.25) is 29.0 Å². The molecule has 0 bridgehead atoms. The third-order valence-corrected chi connectivity index (χ3v) is 9.80. The molecule has 224 valence electrons. The van der Waals surface area contributed by atoms with Crippen LogP contribution in [0.4, 0.5) is 0 Å².